The topological polar surface area (TPSA) is 18.5 Å². The van der Waals surface area contributed by atoms with Gasteiger partial charge in [-0.3, -0.25) is 0 Å². The molecule has 0 bridgehead atoms. The lowest BCUT2D eigenvalue weighted by Crippen LogP contribution is -2.48. The van der Waals surface area contributed by atoms with E-state index in [1.165, 1.54) is 51.9 Å². The Hall–Kier alpha value is -0.120. The minimum atomic E-state index is 0.787. The first-order valence-corrected chi connectivity index (χ1v) is 8.37. The molecule has 0 saturated carbocycles. The number of nitrogens with one attached hydrogen (secondary N) is 1. The van der Waals surface area contributed by atoms with Gasteiger partial charge in [0.1, 0.15) is 0 Å². The van der Waals surface area contributed by atoms with E-state index < -0.39 is 0 Å². The first kappa shape index (κ1) is 18.9. The fourth-order valence-electron chi connectivity index (χ4n) is 2.68. The minimum absolute atomic E-state index is 0.787. The molecule has 0 aromatic rings. The van der Waals surface area contributed by atoms with Crippen LogP contribution in [0.3, 0.4) is 0 Å². The third-order valence-corrected chi connectivity index (χ3v) is 3.91. The van der Waals surface area contributed by atoms with Gasteiger partial charge in [0.05, 0.1) is 0 Å². The number of likely N-dealkylation sites (tertiary alicyclic amines) is 2. The minimum Gasteiger partial charge on any atom is -0.311 e. The second-order valence-electron chi connectivity index (χ2n) is 5.32. The third-order valence-electron chi connectivity index (χ3n) is 3.91. The molecule has 2 fully saturated rings. The summed E-state index contributed by atoms with van der Waals surface area (Å²) in [6.07, 6.45) is 5.34. The van der Waals surface area contributed by atoms with Crippen molar-refractivity contribution in [1.29, 1.82) is 0 Å². The molecule has 2 heterocycles. The average Bonchev–Trinajstić information content (AvgIpc) is 2.48. The molecule has 0 aromatic carbocycles. The molecule has 3 nitrogen and oxygen atoms in total. The van der Waals surface area contributed by atoms with E-state index in [4.69, 9.17) is 0 Å². The van der Waals surface area contributed by atoms with Gasteiger partial charge in [-0.2, -0.15) is 0 Å². The first-order valence-electron chi connectivity index (χ1n) is 8.37. The summed E-state index contributed by atoms with van der Waals surface area (Å²) in [5, 5.41) is 3.85. The summed E-state index contributed by atoms with van der Waals surface area (Å²) >= 11 is 0. The first-order chi connectivity index (χ1) is 9.24. The molecule has 0 aromatic heterocycles. The summed E-state index contributed by atoms with van der Waals surface area (Å²) in [4.78, 5) is 4.87. The highest BCUT2D eigenvalue weighted by molar-refractivity contribution is 4.82. The zero-order valence-corrected chi connectivity index (χ0v) is 14.2. The van der Waals surface area contributed by atoms with Crippen LogP contribution >= 0.6 is 0 Å². The molecule has 0 aliphatic carbocycles. The molecule has 2 aliphatic heterocycles. The normalized spacial score (nSPS) is 23.1. The Morgan fingerprint density at radius 2 is 0.895 bits per heavy atom. The predicted molar refractivity (Wildman–Crippen MR) is 86.9 cm³/mol. The van der Waals surface area contributed by atoms with Gasteiger partial charge in [-0.1, -0.05) is 27.7 Å². The van der Waals surface area contributed by atoms with Crippen molar-refractivity contribution in [3.8, 4) is 0 Å². The van der Waals surface area contributed by atoms with Crippen LogP contribution in [-0.2, 0) is 0 Å². The highest BCUT2D eigenvalue weighted by Gasteiger charge is 2.22. The van der Waals surface area contributed by atoms with Crippen molar-refractivity contribution in [3.63, 3.8) is 0 Å². The molecule has 2 aliphatic rings. The van der Waals surface area contributed by atoms with Crippen molar-refractivity contribution in [1.82, 2.24) is 15.1 Å². The highest BCUT2D eigenvalue weighted by Crippen LogP contribution is 2.14. The lowest BCUT2D eigenvalue weighted by molar-refractivity contribution is 0.187. The molecule has 0 amide bonds. The van der Waals surface area contributed by atoms with E-state index in [1.807, 2.05) is 27.7 Å². The van der Waals surface area contributed by atoms with Crippen LogP contribution in [-0.4, -0.2) is 62.2 Å². The van der Waals surface area contributed by atoms with Crippen LogP contribution in [0.25, 0.3) is 0 Å². The van der Waals surface area contributed by atoms with Crippen molar-refractivity contribution < 1.29 is 0 Å². The molecule has 116 valence electrons. The van der Waals surface area contributed by atoms with Gasteiger partial charge in [-0.15, -0.1) is 0 Å². The van der Waals surface area contributed by atoms with Gasteiger partial charge in [0, 0.05) is 12.1 Å². The maximum atomic E-state index is 3.85. The van der Waals surface area contributed by atoms with E-state index in [2.05, 4.69) is 29.2 Å². The van der Waals surface area contributed by atoms with E-state index >= 15 is 0 Å². The summed E-state index contributed by atoms with van der Waals surface area (Å²) in [7, 11) is 4.46. The second-order valence-corrected chi connectivity index (χ2v) is 5.32. The fraction of sp³-hybridized carbons (Fsp3) is 1.00. The Morgan fingerprint density at radius 3 is 1.16 bits per heavy atom. The molecule has 3 heteroatoms. The number of piperidine rings is 2. The lowest BCUT2D eigenvalue weighted by Gasteiger charge is -2.35. The molecular weight excluding hydrogens is 234 g/mol. The Morgan fingerprint density at radius 1 is 0.632 bits per heavy atom. The molecule has 0 atom stereocenters. The third kappa shape index (κ3) is 7.91. The Bertz CT molecular complexity index is 160. The van der Waals surface area contributed by atoms with Crippen molar-refractivity contribution in [2.75, 3.05) is 40.3 Å². The molecular formula is C16H37N3. The summed E-state index contributed by atoms with van der Waals surface area (Å²) in [6.45, 7) is 13.1. The van der Waals surface area contributed by atoms with Gasteiger partial charge < -0.3 is 15.1 Å². The Kier molecular flexibility index (Phi) is 11.6. The summed E-state index contributed by atoms with van der Waals surface area (Å²) in [5.74, 6) is 0. The smallest absolute Gasteiger partial charge is 0.00940 e. The zero-order chi connectivity index (χ0) is 14.7. The predicted octanol–water partition coefficient (Wildman–Crippen LogP) is 2.82. The van der Waals surface area contributed by atoms with Crippen LogP contribution in [0, 0.1) is 0 Å². The van der Waals surface area contributed by atoms with Gasteiger partial charge in [0.25, 0.3) is 0 Å². The quantitative estimate of drug-likeness (QED) is 0.833. The van der Waals surface area contributed by atoms with Crippen molar-refractivity contribution in [2.45, 2.75) is 65.5 Å². The van der Waals surface area contributed by atoms with Gasteiger partial charge in [-0.25, -0.2) is 0 Å². The summed E-state index contributed by atoms with van der Waals surface area (Å²) in [5.41, 5.74) is 0. The van der Waals surface area contributed by atoms with Crippen molar-refractivity contribution in [3.05, 3.63) is 0 Å². The van der Waals surface area contributed by atoms with E-state index in [0.717, 1.165) is 12.1 Å². The highest BCUT2D eigenvalue weighted by atomic mass is 15.1. The molecule has 1 N–H and O–H groups in total. The molecule has 0 radical (unpaired) electrons. The van der Waals surface area contributed by atoms with Crippen molar-refractivity contribution in [2.24, 2.45) is 0 Å². The van der Waals surface area contributed by atoms with E-state index in [-0.39, 0.29) is 0 Å². The number of hydrogen-bond acceptors (Lipinski definition) is 3. The van der Waals surface area contributed by atoms with Crippen LogP contribution in [0.2, 0.25) is 0 Å². The van der Waals surface area contributed by atoms with Crippen LogP contribution in [0.1, 0.15) is 53.4 Å². The molecule has 2 saturated heterocycles. The van der Waals surface area contributed by atoms with Crippen LogP contribution in [0.4, 0.5) is 0 Å². The number of nitrogens with zero attached hydrogens (tertiary/aromatic N) is 2. The Labute approximate surface area is 121 Å². The van der Waals surface area contributed by atoms with Gasteiger partial charge in [0.15, 0.2) is 0 Å². The molecule has 0 spiro atoms. The summed E-state index contributed by atoms with van der Waals surface area (Å²) < 4.78 is 0. The van der Waals surface area contributed by atoms with Crippen LogP contribution in [0.5, 0.6) is 0 Å². The van der Waals surface area contributed by atoms with E-state index in [9.17, 15) is 0 Å². The summed E-state index contributed by atoms with van der Waals surface area (Å²) in [6, 6.07) is 1.57. The maximum absolute atomic E-state index is 3.85. The largest absolute Gasteiger partial charge is 0.311 e. The lowest BCUT2D eigenvalue weighted by atomic mass is 10.00. The number of hydrogen-bond donors (Lipinski definition) is 1. The van der Waals surface area contributed by atoms with Gasteiger partial charge >= 0.3 is 0 Å². The molecule has 0 unspecified atom stereocenters. The van der Waals surface area contributed by atoms with E-state index in [0.29, 0.717) is 0 Å². The fourth-order valence-corrected chi connectivity index (χ4v) is 2.68. The average molecular weight is 271 g/mol. The second kappa shape index (κ2) is 11.7. The molecule has 19 heavy (non-hydrogen) atoms. The van der Waals surface area contributed by atoms with Crippen molar-refractivity contribution >= 4 is 0 Å². The monoisotopic (exact) mass is 271 g/mol. The number of rotatable bonds is 2. The van der Waals surface area contributed by atoms with Gasteiger partial charge in [0.2, 0.25) is 0 Å². The Balaban J connectivity index is 0.000000741. The van der Waals surface area contributed by atoms with E-state index in [1.54, 1.807) is 0 Å². The van der Waals surface area contributed by atoms with Crippen LogP contribution in [0.15, 0.2) is 0 Å². The maximum Gasteiger partial charge on any atom is 0.00940 e. The molecule has 2 rings (SSSR count). The SMILES string of the molecule is CC.CC.CN1CCC(NC2CCN(C)CC2)CC1. The van der Waals surface area contributed by atoms with Crippen LogP contribution < -0.4 is 5.32 Å². The van der Waals surface area contributed by atoms with Gasteiger partial charge in [-0.05, 0) is 66.0 Å². The standard InChI is InChI=1S/C12H25N3.2C2H6/c1-14-7-3-11(4-8-14)13-12-5-9-15(2)10-6-12;2*1-2/h11-13H,3-10H2,1-2H3;2*1-2H3. The zero-order valence-electron chi connectivity index (χ0n) is 14.2.